The molecule has 0 radical (unpaired) electrons. The summed E-state index contributed by atoms with van der Waals surface area (Å²) in [4.78, 5) is 2.25. The van der Waals surface area contributed by atoms with Crippen molar-refractivity contribution in [3.63, 3.8) is 0 Å². The van der Waals surface area contributed by atoms with E-state index >= 15 is 0 Å². The highest BCUT2D eigenvalue weighted by atomic mass is 32.2. The van der Waals surface area contributed by atoms with Crippen LogP contribution in [0.15, 0.2) is 82.6 Å². The number of benzene rings is 2. The minimum Gasteiger partial charge on any atom is -0.465 e. The van der Waals surface area contributed by atoms with Crippen LogP contribution in [-0.2, 0) is 9.47 Å². The van der Waals surface area contributed by atoms with Crippen molar-refractivity contribution < 1.29 is 18.9 Å². The molecule has 156 valence electrons. The molecule has 5 heteroatoms. The van der Waals surface area contributed by atoms with Gasteiger partial charge in [0.05, 0.1) is 13.2 Å². The van der Waals surface area contributed by atoms with Gasteiger partial charge in [0.25, 0.3) is 0 Å². The van der Waals surface area contributed by atoms with Crippen molar-refractivity contribution in [2.45, 2.75) is 50.1 Å². The minimum atomic E-state index is -0.320. The third-order valence-corrected chi connectivity index (χ3v) is 4.63. The summed E-state index contributed by atoms with van der Waals surface area (Å²) in [5.41, 5.74) is 1.94. The molecule has 2 unspecified atom stereocenters. The van der Waals surface area contributed by atoms with E-state index in [-0.39, 0.29) is 12.6 Å². The van der Waals surface area contributed by atoms with Crippen LogP contribution in [0.1, 0.15) is 27.7 Å². The van der Waals surface area contributed by atoms with Crippen LogP contribution in [0.25, 0.3) is 0 Å². The molecule has 4 nitrogen and oxygen atoms in total. The molecule has 0 saturated heterocycles. The Morgan fingerprint density at radius 2 is 1.07 bits per heavy atom. The van der Waals surface area contributed by atoms with Crippen molar-refractivity contribution in [2.24, 2.45) is 0 Å². The molecule has 0 aliphatic carbocycles. The van der Waals surface area contributed by atoms with Gasteiger partial charge in [-0.25, -0.2) is 0 Å². The summed E-state index contributed by atoms with van der Waals surface area (Å²) in [7, 11) is 0. The average Bonchev–Trinajstić information content (AvgIpc) is 2.68. The minimum absolute atomic E-state index is 0.320. The molecule has 2 aromatic carbocycles. The lowest BCUT2D eigenvalue weighted by molar-refractivity contribution is -0.0575. The van der Waals surface area contributed by atoms with Gasteiger partial charge in [0.15, 0.2) is 12.6 Å². The lowest BCUT2D eigenvalue weighted by atomic mass is 10.3. The second kappa shape index (κ2) is 11.7. The van der Waals surface area contributed by atoms with Crippen molar-refractivity contribution in [3.05, 3.63) is 72.8 Å². The van der Waals surface area contributed by atoms with Crippen molar-refractivity contribution in [1.82, 2.24) is 0 Å². The molecule has 0 amide bonds. The van der Waals surface area contributed by atoms with Crippen LogP contribution < -0.4 is 9.47 Å². The summed E-state index contributed by atoms with van der Waals surface area (Å²) >= 11 is 1.67. The van der Waals surface area contributed by atoms with Crippen molar-refractivity contribution in [1.29, 1.82) is 0 Å². The lowest BCUT2D eigenvalue weighted by Crippen LogP contribution is -2.17. The largest absolute Gasteiger partial charge is 0.465 e. The van der Waals surface area contributed by atoms with Gasteiger partial charge < -0.3 is 18.9 Å². The van der Waals surface area contributed by atoms with Crippen molar-refractivity contribution in [3.8, 4) is 11.5 Å². The monoisotopic (exact) mass is 414 g/mol. The number of hydrogen-bond donors (Lipinski definition) is 0. The fraction of sp³-hybridized carbons (Fsp3) is 0.333. The van der Waals surface area contributed by atoms with E-state index in [1.54, 1.807) is 11.8 Å². The molecule has 0 bridgehead atoms. The standard InChI is InChI=1S/C24H30O4S/c1-17(2)15-25-19(5)27-21-7-11-23(12-8-21)29-24-13-9-22(10-14-24)28-20(6)26-16-18(3)4/h7-14,19-20H,1,3,15-16H2,2,4-6H3. The van der Waals surface area contributed by atoms with E-state index in [0.29, 0.717) is 13.2 Å². The summed E-state index contributed by atoms with van der Waals surface area (Å²) in [6.07, 6.45) is -0.640. The quantitative estimate of drug-likeness (QED) is 0.294. The Labute approximate surface area is 178 Å². The van der Waals surface area contributed by atoms with Gasteiger partial charge in [-0.05, 0) is 76.2 Å². The second-order valence-corrected chi connectivity index (χ2v) is 8.10. The summed E-state index contributed by atoms with van der Waals surface area (Å²) < 4.78 is 22.6. The highest BCUT2D eigenvalue weighted by Gasteiger charge is 2.06. The predicted molar refractivity (Wildman–Crippen MR) is 119 cm³/mol. The van der Waals surface area contributed by atoms with Gasteiger partial charge in [-0.2, -0.15) is 0 Å². The molecule has 0 aromatic heterocycles. The van der Waals surface area contributed by atoms with Gasteiger partial charge in [-0.1, -0.05) is 36.1 Å². The third kappa shape index (κ3) is 9.22. The normalized spacial score (nSPS) is 12.8. The van der Waals surface area contributed by atoms with E-state index in [4.69, 9.17) is 18.9 Å². The fourth-order valence-corrected chi connectivity index (χ4v) is 3.10. The Morgan fingerprint density at radius 1 is 0.724 bits per heavy atom. The number of hydrogen-bond acceptors (Lipinski definition) is 5. The van der Waals surface area contributed by atoms with Crippen LogP contribution in [-0.4, -0.2) is 25.8 Å². The first-order chi connectivity index (χ1) is 13.8. The third-order valence-electron chi connectivity index (χ3n) is 3.62. The van der Waals surface area contributed by atoms with Gasteiger partial charge in [-0.3, -0.25) is 0 Å². The van der Waals surface area contributed by atoms with Crippen LogP contribution in [0.2, 0.25) is 0 Å². The van der Waals surface area contributed by atoms with E-state index in [2.05, 4.69) is 13.2 Å². The lowest BCUT2D eigenvalue weighted by Gasteiger charge is -2.16. The van der Waals surface area contributed by atoms with Crippen LogP contribution in [0.3, 0.4) is 0 Å². The van der Waals surface area contributed by atoms with E-state index in [1.807, 2.05) is 76.2 Å². The van der Waals surface area contributed by atoms with Crippen molar-refractivity contribution >= 4 is 11.8 Å². The van der Waals surface area contributed by atoms with E-state index in [1.165, 1.54) is 0 Å². The Hall–Kier alpha value is -2.21. The zero-order valence-corrected chi connectivity index (χ0v) is 18.5. The molecular formula is C24H30O4S. The highest BCUT2D eigenvalue weighted by molar-refractivity contribution is 7.99. The maximum Gasteiger partial charge on any atom is 0.197 e. The first-order valence-corrected chi connectivity index (χ1v) is 10.4. The van der Waals surface area contributed by atoms with Crippen molar-refractivity contribution in [2.75, 3.05) is 13.2 Å². The molecule has 0 saturated carbocycles. The summed E-state index contributed by atoms with van der Waals surface area (Å²) in [6, 6.07) is 15.9. The Bertz CT molecular complexity index is 716. The molecule has 0 fully saturated rings. The molecule has 0 spiro atoms. The summed E-state index contributed by atoms with van der Waals surface area (Å²) in [5.74, 6) is 1.55. The Morgan fingerprint density at radius 3 is 1.38 bits per heavy atom. The molecule has 0 aliphatic rings. The maximum absolute atomic E-state index is 5.75. The van der Waals surface area contributed by atoms with E-state index < -0.39 is 0 Å². The van der Waals surface area contributed by atoms with Gasteiger partial charge in [0.2, 0.25) is 0 Å². The summed E-state index contributed by atoms with van der Waals surface area (Å²) in [5, 5.41) is 0. The van der Waals surface area contributed by atoms with E-state index in [0.717, 1.165) is 32.4 Å². The average molecular weight is 415 g/mol. The van der Waals surface area contributed by atoms with Crippen LogP contribution in [0, 0.1) is 0 Å². The highest BCUT2D eigenvalue weighted by Crippen LogP contribution is 2.30. The SMILES string of the molecule is C=C(C)COC(C)Oc1ccc(Sc2ccc(OC(C)OCC(=C)C)cc2)cc1. The molecule has 2 aromatic rings. The Kier molecular flexibility index (Phi) is 9.32. The summed E-state index contributed by atoms with van der Waals surface area (Å²) in [6.45, 7) is 16.2. The molecule has 0 heterocycles. The van der Waals surface area contributed by atoms with Gasteiger partial charge in [0, 0.05) is 9.79 Å². The van der Waals surface area contributed by atoms with Gasteiger partial charge >= 0.3 is 0 Å². The first-order valence-electron chi connectivity index (χ1n) is 9.55. The molecule has 2 atom stereocenters. The van der Waals surface area contributed by atoms with Gasteiger partial charge in [-0.15, -0.1) is 0 Å². The molecule has 2 rings (SSSR count). The number of ether oxygens (including phenoxy) is 4. The van der Waals surface area contributed by atoms with Crippen LogP contribution >= 0.6 is 11.8 Å². The molecule has 0 N–H and O–H groups in total. The number of rotatable bonds is 12. The molecular weight excluding hydrogens is 384 g/mol. The molecule has 29 heavy (non-hydrogen) atoms. The van der Waals surface area contributed by atoms with Crippen LogP contribution in [0.5, 0.6) is 11.5 Å². The van der Waals surface area contributed by atoms with E-state index in [9.17, 15) is 0 Å². The topological polar surface area (TPSA) is 36.9 Å². The smallest absolute Gasteiger partial charge is 0.197 e. The van der Waals surface area contributed by atoms with Crippen LogP contribution in [0.4, 0.5) is 0 Å². The fourth-order valence-electron chi connectivity index (χ4n) is 2.28. The second-order valence-electron chi connectivity index (χ2n) is 6.95. The molecule has 0 aliphatic heterocycles. The zero-order chi connectivity index (χ0) is 21.2. The Balaban J connectivity index is 1.83. The predicted octanol–water partition coefficient (Wildman–Crippen LogP) is 6.47. The van der Waals surface area contributed by atoms with Gasteiger partial charge in [0.1, 0.15) is 11.5 Å². The first kappa shape index (κ1) is 23.1. The zero-order valence-electron chi connectivity index (χ0n) is 17.6. The maximum atomic E-state index is 5.75.